The van der Waals surface area contributed by atoms with E-state index in [1.807, 2.05) is 6.26 Å². The number of hydrogen-bond donors (Lipinski definition) is 1. The summed E-state index contributed by atoms with van der Waals surface area (Å²) in [5.41, 5.74) is 0.134. The zero-order valence-electron chi connectivity index (χ0n) is 11.7. The fourth-order valence-electron chi connectivity index (χ4n) is 1.90. The molecular weight excluding hydrogens is 284 g/mol. The Labute approximate surface area is 121 Å². The molecule has 0 saturated heterocycles. The number of imidazole rings is 1. The number of hydrogen-bond acceptors (Lipinski definition) is 5. The molecule has 1 N–H and O–H groups in total. The second-order valence-corrected chi connectivity index (χ2v) is 5.12. The summed E-state index contributed by atoms with van der Waals surface area (Å²) in [6.45, 7) is 3.33. The standard InChI is InChI=1S/C12H18N2O5S/c1-4-19-12(17)10-8(2)13(7-14(10)18)9(11(15)16)5-6-20-3/h7,9H,4-6H2,1-3H3,(H,15,16). The van der Waals surface area contributed by atoms with Gasteiger partial charge in [-0.15, -0.1) is 0 Å². The molecule has 112 valence electrons. The number of carbonyl (C=O) groups excluding carboxylic acids is 1. The van der Waals surface area contributed by atoms with Crippen LogP contribution in [0.1, 0.15) is 35.6 Å². The van der Waals surface area contributed by atoms with Crippen LogP contribution in [0.3, 0.4) is 0 Å². The summed E-state index contributed by atoms with van der Waals surface area (Å²) < 4.78 is 6.48. The van der Waals surface area contributed by atoms with Gasteiger partial charge in [0.05, 0.1) is 6.61 Å². The maximum absolute atomic E-state index is 11.8. The van der Waals surface area contributed by atoms with Crippen LogP contribution in [0.4, 0.5) is 0 Å². The second kappa shape index (κ2) is 7.18. The van der Waals surface area contributed by atoms with Crippen LogP contribution >= 0.6 is 11.8 Å². The van der Waals surface area contributed by atoms with Crippen molar-refractivity contribution in [1.82, 2.24) is 4.57 Å². The topological polar surface area (TPSA) is 95.5 Å². The van der Waals surface area contributed by atoms with Gasteiger partial charge in [0.2, 0.25) is 6.33 Å². The van der Waals surface area contributed by atoms with Gasteiger partial charge in [0.1, 0.15) is 0 Å². The number of aromatic nitrogens is 2. The van der Waals surface area contributed by atoms with Crippen molar-refractivity contribution in [2.24, 2.45) is 0 Å². The third-order valence-electron chi connectivity index (χ3n) is 2.86. The van der Waals surface area contributed by atoms with E-state index >= 15 is 0 Å². The van der Waals surface area contributed by atoms with Gasteiger partial charge in [-0.1, -0.05) is 0 Å². The highest BCUT2D eigenvalue weighted by atomic mass is 32.2. The fraction of sp³-hybridized carbons (Fsp3) is 0.583. The summed E-state index contributed by atoms with van der Waals surface area (Å²) in [6, 6.07) is -0.870. The molecule has 0 radical (unpaired) electrons. The summed E-state index contributed by atoms with van der Waals surface area (Å²) in [5, 5.41) is 21.0. The molecule has 1 rings (SSSR count). The number of thioether (sulfide) groups is 1. The summed E-state index contributed by atoms with van der Waals surface area (Å²) in [4.78, 5) is 23.0. The van der Waals surface area contributed by atoms with E-state index in [4.69, 9.17) is 4.74 Å². The van der Waals surface area contributed by atoms with Crippen molar-refractivity contribution >= 4 is 23.7 Å². The molecule has 0 aliphatic carbocycles. The Balaban J connectivity index is 3.15. The Morgan fingerprint density at radius 1 is 1.60 bits per heavy atom. The lowest BCUT2D eigenvalue weighted by Gasteiger charge is -2.09. The van der Waals surface area contributed by atoms with E-state index in [0.717, 1.165) is 6.33 Å². The first-order valence-corrected chi connectivity index (χ1v) is 7.52. The average molecular weight is 302 g/mol. The third-order valence-corrected chi connectivity index (χ3v) is 3.51. The maximum Gasteiger partial charge on any atom is 0.383 e. The van der Waals surface area contributed by atoms with Crippen LogP contribution in [0.15, 0.2) is 6.33 Å². The Morgan fingerprint density at radius 2 is 2.25 bits per heavy atom. The van der Waals surface area contributed by atoms with Gasteiger partial charge in [0.25, 0.3) is 5.69 Å². The number of rotatable bonds is 7. The van der Waals surface area contributed by atoms with Crippen molar-refractivity contribution in [3.63, 3.8) is 0 Å². The first-order valence-electron chi connectivity index (χ1n) is 6.13. The van der Waals surface area contributed by atoms with Gasteiger partial charge in [0, 0.05) is 13.3 Å². The van der Waals surface area contributed by atoms with E-state index in [-0.39, 0.29) is 12.3 Å². The van der Waals surface area contributed by atoms with E-state index in [0.29, 0.717) is 22.6 Å². The van der Waals surface area contributed by atoms with Crippen molar-refractivity contribution in [2.45, 2.75) is 26.3 Å². The van der Waals surface area contributed by atoms with Crippen LogP contribution in [-0.2, 0) is 9.53 Å². The lowest BCUT2D eigenvalue weighted by molar-refractivity contribution is -0.608. The molecule has 0 fully saturated rings. The summed E-state index contributed by atoms with van der Waals surface area (Å²) >= 11 is 1.52. The van der Waals surface area contributed by atoms with Crippen molar-refractivity contribution in [2.75, 3.05) is 18.6 Å². The second-order valence-electron chi connectivity index (χ2n) is 4.14. The molecule has 0 aliphatic heterocycles. The molecular formula is C12H18N2O5S. The van der Waals surface area contributed by atoms with Crippen LogP contribution in [0.25, 0.3) is 0 Å². The Morgan fingerprint density at radius 3 is 2.75 bits per heavy atom. The molecule has 0 aromatic carbocycles. The predicted molar refractivity (Wildman–Crippen MR) is 73.8 cm³/mol. The fourth-order valence-corrected chi connectivity index (χ4v) is 2.36. The minimum atomic E-state index is -1.03. The molecule has 1 aromatic rings. The number of nitrogens with zero attached hydrogens (tertiary/aromatic N) is 2. The number of aliphatic carboxylic acids is 1. The van der Waals surface area contributed by atoms with E-state index < -0.39 is 18.0 Å². The molecule has 1 aromatic heterocycles. The zero-order chi connectivity index (χ0) is 15.3. The monoisotopic (exact) mass is 302 g/mol. The SMILES string of the molecule is CCOC(=O)c1c(C)n(C(CCSC)C(=O)O)c[n+]1[O-]. The largest absolute Gasteiger partial charge is 0.710 e. The molecule has 0 spiro atoms. The Kier molecular flexibility index (Phi) is 5.87. The molecule has 0 bridgehead atoms. The highest BCUT2D eigenvalue weighted by Crippen LogP contribution is 2.18. The van der Waals surface area contributed by atoms with Crippen molar-refractivity contribution in [3.8, 4) is 0 Å². The van der Waals surface area contributed by atoms with Gasteiger partial charge in [-0.25, -0.2) is 18.9 Å². The average Bonchev–Trinajstić information content (AvgIpc) is 2.65. The van der Waals surface area contributed by atoms with Crippen LogP contribution < -0.4 is 4.73 Å². The Hall–Kier alpha value is -1.70. The molecule has 7 nitrogen and oxygen atoms in total. The predicted octanol–water partition coefficient (Wildman–Crippen LogP) is 0.985. The molecule has 0 saturated carbocycles. The number of carboxylic acids is 1. The molecule has 1 atom stereocenters. The van der Waals surface area contributed by atoms with Gasteiger partial charge >= 0.3 is 11.9 Å². The van der Waals surface area contributed by atoms with Gasteiger partial charge < -0.3 is 15.1 Å². The smallest absolute Gasteiger partial charge is 0.383 e. The molecule has 0 amide bonds. The first kappa shape index (κ1) is 16.4. The van der Waals surface area contributed by atoms with Gasteiger partial charge in [-0.05, 0) is 18.9 Å². The van der Waals surface area contributed by atoms with E-state index in [1.165, 1.54) is 23.3 Å². The van der Waals surface area contributed by atoms with Gasteiger partial charge in [-0.3, -0.25) is 0 Å². The normalized spacial score (nSPS) is 12.2. The lowest BCUT2D eigenvalue weighted by atomic mass is 10.2. The highest BCUT2D eigenvalue weighted by molar-refractivity contribution is 7.98. The quantitative estimate of drug-likeness (QED) is 0.458. The summed E-state index contributed by atoms with van der Waals surface area (Å²) in [5.74, 6) is -1.14. The van der Waals surface area contributed by atoms with E-state index in [2.05, 4.69) is 0 Å². The molecule has 1 heterocycles. The summed E-state index contributed by atoms with van der Waals surface area (Å²) in [6.07, 6.45) is 3.33. The number of esters is 1. The maximum atomic E-state index is 11.8. The first-order chi connectivity index (χ1) is 9.43. The van der Waals surface area contributed by atoms with Gasteiger partial charge in [-0.2, -0.15) is 11.8 Å². The lowest BCUT2D eigenvalue weighted by Crippen LogP contribution is -2.32. The number of carboxylic acid groups (broad SMARTS) is 1. The summed E-state index contributed by atoms with van der Waals surface area (Å²) in [7, 11) is 0. The molecule has 20 heavy (non-hydrogen) atoms. The van der Waals surface area contributed by atoms with Crippen LogP contribution in [-0.4, -0.2) is 40.2 Å². The van der Waals surface area contributed by atoms with Crippen LogP contribution in [0.5, 0.6) is 0 Å². The van der Waals surface area contributed by atoms with Crippen LogP contribution in [0, 0.1) is 12.1 Å². The molecule has 1 unspecified atom stereocenters. The molecule has 8 heteroatoms. The minimum absolute atomic E-state index is 0.151. The Bertz CT molecular complexity index is 500. The highest BCUT2D eigenvalue weighted by Gasteiger charge is 2.32. The van der Waals surface area contributed by atoms with E-state index in [1.54, 1.807) is 6.92 Å². The number of carbonyl (C=O) groups is 2. The molecule has 0 aliphatic rings. The van der Waals surface area contributed by atoms with Crippen molar-refractivity contribution in [1.29, 1.82) is 0 Å². The number of ether oxygens (including phenoxy) is 1. The van der Waals surface area contributed by atoms with Crippen molar-refractivity contribution in [3.05, 3.63) is 22.9 Å². The van der Waals surface area contributed by atoms with Crippen LogP contribution in [0.2, 0.25) is 0 Å². The van der Waals surface area contributed by atoms with Crippen molar-refractivity contribution < 1.29 is 24.2 Å². The zero-order valence-corrected chi connectivity index (χ0v) is 12.5. The van der Waals surface area contributed by atoms with E-state index in [9.17, 15) is 19.9 Å². The minimum Gasteiger partial charge on any atom is -0.710 e. The van der Waals surface area contributed by atoms with Gasteiger partial charge in [0.15, 0.2) is 11.7 Å². The third kappa shape index (κ3) is 3.44.